The van der Waals surface area contributed by atoms with Gasteiger partial charge in [0.25, 0.3) is 5.91 Å². The van der Waals surface area contributed by atoms with Gasteiger partial charge in [0.1, 0.15) is 0 Å². The van der Waals surface area contributed by atoms with Gasteiger partial charge in [0.05, 0.1) is 17.4 Å². The number of hydrogen-bond donors (Lipinski definition) is 2. The molecule has 2 atom stereocenters. The van der Waals surface area contributed by atoms with Crippen molar-refractivity contribution in [1.82, 2.24) is 10.3 Å². The molecule has 5 nitrogen and oxygen atoms in total. The molecule has 1 fully saturated rings. The predicted octanol–water partition coefficient (Wildman–Crippen LogP) is 2.51. The zero-order valence-electron chi connectivity index (χ0n) is 13.1. The standard InChI is InChI=1S/C16H25N3O2/c1-4-7-17-15-8-11(2)18-10-14(15)16(20)19-12-5-6-13(9-12)21-3/h8,10,12-13H,4-7,9H2,1-3H3,(H,17,18)(H,19,20). The number of anilines is 1. The van der Waals surface area contributed by atoms with Gasteiger partial charge in [0.15, 0.2) is 0 Å². The van der Waals surface area contributed by atoms with Crippen LogP contribution in [0.3, 0.4) is 0 Å². The molecule has 21 heavy (non-hydrogen) atoms. The average molecular weight is 291 g/mol. The Morgan fingerprint density at radius 2 is 2.29 bits per heavy atom. The quantitative estimate of drug-likeness (QED) is 0.845. The molecule has 5 heteroatoms. The number of methoxy groups -OCH3 is 1. The Balaban J connectivity index is 2.04. The average Bonchev–Trinajstić information content (AvgIpc) is 2.92. The second-order valence-electron chi connectivity index (χ2n) is 5.64. The number of amides is 1. The van der Waals surface area contributed by atoms with Gasteiger partial charge in [-0.25, -0.2) is 0 Å². The van der Waals surface area contributed by atoms with Crippen molar-refractivity contribution in [3.05, 3.63) is 23.5 Å². The second-order valence-corrected chi connectivity index (χ2v) is 5.64. The van der Waals surface area contributed by atoms with E-state index >= 15 is 0 Å². The maximum Gasteiger partial charge on any atom is 0.255 e. The summed E-state index contributed by atoms with van der Waals surface area (Å²) in [6.07, 6.45) is 5.81. The molecule has 0 saturated heterocycles. The first kappa shape index (κ1) is 15.8. The van der Waals surface area contributed by atoms with Crippen molar-refractivity contribution in [3.63, 3.8) is 0 Å². The first-order chi connectivity index (χ1) is 10.1. The molecule has 1 saturated carbocycles. The molecule has 1 heterocycles. The van der Waals surface area contributed by atoms with Crippen molar-refractivity contribution in [2.45, 2.75) is 51.7 Å². The van der Waals surface area contributed by atoms with Crippen molar-refractivity contribution in [3.8, 4) is 0 Å². The summed E-state index contributed by atoms with van der Waals surface area (Å²) in [5, 5.41) is 6.40. The minimum absolute atomic E-state index is 0.0529. The second kappa shape index (κ2) is 7.41. The highest BCUT2D eigenvalue weighted by atomic mass is 16.5. The molecule has 1 aromatic rings. The molecule has 1 aromatic heterocycles. The number of pyridine rings is 1. The summed E-state index contributed by atoms with van der Waals surface area (Å²) in [7, 11) is 1.73. The zero-order valence-corrected chi connectivity index (χ0v) is 13.1. The van der Waals surface area contributed by atoms with Gasteiger partial charge in [-0.2, -0.15) is 0 Å². The molecule has 1 aliphatic carbocycles. The number of ether oxygens (including phenoxy) is 1. The fourth-order valence-electron chi connectivity index (χ4n) is 2.70. The van der Waals surface area contributed by atoms with E-state index in [2.05, 4.69) is 22.5 Å². The van der Waals surface area contributed by atoms with Crippen LogP contribution < -0.4 is 10.6 Å². The molecule has 0 radical (unpaired) electrons. The van der Waals surface area contributed by atoms with Crippen LogP contribution >= 0.6 is 0 Å². The van der Waals surface area contributed by atoms with E-state index < -0.39 is 0 Å². The van der Waals surface area contributed by atoms with E-state index in [0.717, 1.165) is 43.6 Å². The Morgan fingerprint density at radius 1 is 1.48 bits per heavy atom. The number of nitrogens with one attached hydrogen (secondary N) is 2. The van der Waals surface area contributed by atoms with Crippen LogP contribution in [0, 0.1) is 6.92 Å². The SMILES string of the molecule is CCCNc1cc(C)ncc1C(=O)NC1CCC(OC)C1. The van der Waals surface area contributed by atoms with Gasteiger partial charge in [-0.05, 0) is 38.7 Å². The van der Waals surface area contributed by atoms with Gasteiger partial charge in [0, 0.05) is 31.6 Å². The van der Waals surface area contributed by atoms with Crippen LogP contribution in [0.1, 0.15) is 48.7 Å². The van der Waals surface area contributed by atoms with E-state index in [-0.39, 0.29) is 18.1 Å². The predicted molar refractivity (Wildman–Crippen MR) is 83.7 cm³/mol. The molecule has 2 N–H and O–H groups in total. The number of carbonyl (C=O) groups is 1. The first-order valence-electron chi connectivity index (χ1n) is 7.68. The summed E-state index contributed by atoms with van der Waals surface area (Å²) in [6, 6.07) is 2.12. The van der Waals surface area contributed by atoms with Gasteiger partial charge in [-0.1, -0.05) is 6.92 Å². The van der Waals surface area contributed by atoms with Crippen LogP contribution in [-0.4, -0.2) is 36.7 Å². The lowest BCUT2D eigenvalue weighted by molar-refractivity contribution is 0.0915. The molecule has 116 valence electrons. The third-order valence-corrected chi connectivity index (χ3v) is 3.90. The lowest BCUT2D eigenvalue weighted by atomic mass is 10.1. The lowest BCUT2D eigenvalue weighted by Crippen LogP contribution is -2.34. The molecule has 0 spiro atoms. The molecule has 0 bridgehead atoms. The van der Waals surface area contributed by atoms with Gasteiger partial charge in [-0.15, -0.1) is 0 Å². The molecule has 2 unspecified atom stereocenters. The van der Waals surface area contributed by atoms with E-state index in [0.29, 0.717) is 5.56 Å². The summed E-state index contributed by atoms with van der Waals surface area (Å²) < 4.78 is 5.35. The fourth-order valence-corrected chi connectivity index (χ4v) is 2.70. The normalized spacial score (nSPS) is 21.3. The number of nitrogens with zero attached hydrogens (tertiary/aromatic N) is 1. The topological polar surface area (TPSA) is 63.2 Å². The van der Waals surface area contributed by atoms with Crippen LogP contribution in [0.5, 0.6) is 0 Å². The van der Waals surface area contributed by atoms with Crippen LogP contribution in [-0.2, 0) is 4.74 Å². The zero-order chi connectivity index (χ0) is 15.2. The Kier molecular flexibility index (Phi) is 5.56. The molecular formula is C16H25N3O2. The monoisotopic (exact) mass is 291 g/mol. The minimum atomic E-state index is -0.0529. The summed E-state index contributed by atoms with van der Waals surface area (Å²) in [4.78, 5) is 16.7. The highest BCUT2D eigenvalue weighted by Crippen LogP contribution is 2.23. The van der Waals surface area contributed by atoms with Gasteiger partial charge >= 0.3 is 0 Å². The first-order valence-corrected chi connectivity index (χ1v) is 7.68. The van der Waals surface area contributed by atoms with Crippen molar-refractivity contribution >= 4 is 11.6 Å². The van der Waals surface area contributed by atoms with Crippen molar-refractivity contribution < 1.29 is 9.53 Å². The largest absolute Gasteiger partial charge is 0.384 e. The molecule has 0 aliphatic heterocycles. The summed E-state index contributed by atoms with van der Waals surface area (Å²) >= 11 is 0. The fraction of sp³-hybridized carbons (Fsp3) is 0.625. The molecule has 1 amide bonds. The smallest absolute Gasteiger partial charge is 0.255 e. The van der Waals surface area contributed by atoms with E-state index in [1.54, 1.807) is 13.3 Å². The summed E-state index contributed by atoms with van der Waals surface area (Å²) in [5.41, 5.74) is 2.39. The number of carbonyl (C=O) groups excluding carboxylic acids is 1. The van der Waals surface area contributed by atoms with Gasteiger partial charge in [0.2, 0.25) is 0 Å². The number of aromatic nitrogens is 1. The Morgan fingerprint density at radius 3 is 2.95 bits per heavy atom. The van der Waals surface area contributed by atoms with E-state index in [4.69, 9.17) is 4.74 Å². The summed E-state index contributed by atoms with van der Waals surface area (Å²) in [6.45, 7) is 4.88. The molecule has 1 aliphatic rings. The minimum Gasteiger partial charge on any atom is -0.384 e. The Hall–Kier alpha value is -1.62. The highest BCUT2D eigenvalue weighted by molar-refractivity contribution is 5.99. The maximum absolute atomic E-state index is 12.5. The Bertz CT molecular complexity index is 490. The van der Waals surface area contributed by atoms with E-state index in [9.17, 15) is 4.79 Å². The number of rotatable bonds is 6. The van der Waals surface area contributed by atoms with Crippen LogP contribution in [0.4, 0.5) is 5.69 Å². The number of hydrogen-bond acceptors (Lipinski definition) is 4. The highest BCUT2D eigenvalue weighted by Gasteiger charge is 2.26. The molecule has 0 aromatic carbocycles. The Labute approximate surface area is 126 Å². The van der Waals surface area contributed by atoms with Crippen LogP contribution in [0.2, 0.25) is 0 Å². The summed E-state index contributed by atoms with van der Waals surface area (Å²) in [5.74, 6) is -0.0529. The van der Waals surface area contributed by atoms with Crippen LogP contribution in [0.25, 0.3) is 0 Å². The van der Waals surface area contributed by atoms with Gasteiger partial charge < -0.3 is 15.4 Å². The van der Waals surface area contributed by atoms with Crippen molar-refractivity contribution in [2.24, 2.45) is 0 Å². The molecule has 2 rings (SSSR count). The van der Waals surface area contributed by atoms with E-state index in [1.807, 2.05) is 13.0 Å². The molecular weight excluding hydrogens is 266 g/mol. The van der Waals surface area contributed by atoms with E-state index in [1.165, 1.54) is 0 Å². The maximum atomic E-state index is 12.5. The number of aryl methyl sites for hydroxylation is 1. The lowest BCUT2D eigenvalue weighted by Gasteiger charge is -2.16. The van der Waals surface area contributed by atoms with Gasteiger partial charge in [-0.3, -0.25) is 9.78 Å². The third-order valence-electron chi connectivity index (χ3n) is 3.90. The van der Waals surface area contributed by atoms with Crippen molar-refractivity contribution in [2.75, 3.05) is 19.0 Å². The van der Waals surface area contributed by atoms with Crippen LogP contribution in [0.15, 0.2) is 12.3 Å². The third kappa shape index (κ3) is 4.17. The van der Waals surface area contributed by atoms with Crippen molar-refractivity contribution in [1.29, 1.82) is 0 Å².